The number of nitrogens with zero attached hydrogens (tertiary/aromatic N) is 3. The Balaban J connectivity index is 1.64. The molecule has 0 N–H and O–H groups in total. The number of carbonyl (C=O) groups excluding carboxylic acids is 1. The summed E-state index contributed by atoms with van der Waals surface area (Å²) in [7, 11) is -1.35. The van der Waals surface area contributed by atoms with Crippen molar-refractivity contribution in [2.75, 3.05) is 18.6 Å². The molecular formula is C26H31N3O3S2. The number of thioether (sulfide) groups is 1. The summed E-state index contributed by atoms with van der Waals surface area (Å²) >= 11 is 1.40. The van der Waals surface area contributed by atoms with Crippen LogP contribution < -0.4 is 0 Å². The van der Waals surface area contributed by atoms with Crippen LogP contribution in [-0.2, 0) is 14.6 Å². The Morgan fingerprint density at radius 2 is 1.76 bits per heavy atom. The smallest absolute Gasteiger partial charge is 0.235 e. The number of amides is 1. The van der Waals surface area contributed by atoms with Crippen LogP contribution in [0.1, 0.15) is 38.7 Å². The molecular weight excluding hydrogens is 466 g/mol. The van der Waals surface area contributed by atoms with Crippen molar-refractivity contribution >= 4 is 27.5 Å². The third kappa shape index (κ3) is 5.23. The Bertz CT molecular complexity index is 1250. The highest BCUT2D eigenvalue weighted by molar-refractivity contribution is 8.00. The summed E-state index contributed by atoms with van der Waals surface area (Å²) < 4.78 is 25.8. The maximum absolute atomic E-state index is 13.2. The predicted octanol–water partition coefficient (Wildman–Crippen LogP) is 4.79. The summed E-state index contributed by atoms with van der Waals surface area (Å²) in [5, 5.41) is 0.317. The molecule has 1 fully saturated rings. The van der Waals surface area contributed by atoms with Crippen LogP contribution in [0.5, 0.6) is 0 Å². The molecule has 2 heterocycles. The van der Waals surface area contributed by atoms with Gasteiger partial charge in [-0.1, -0.05) is 68.1 Å². The van der Waals surface area contributed by atoms with E-state index >= 15 is 0 Å². The molecule has 0 radical (unpaired) electrons. The van der Waals surface area contributed by atoms with Gasteiger partial charge in [0.25, 0.3) is 0 Å². The number of imidazole rings is 1. The Kier molecular flexibility index (Phi) is 7.19. The summed E-state index contributed by atoms with van der Waals surface area (Å²) in [4.78, 5) is 19.5. The minimum absolute atomic E-state index is 0.0433. The molecule has 1 aliphatic rings. The van der Waals surface area contributed by atoms with Crippen molar-refractivity contribution in [1.82, 2.24) is 14.5 Å². The molecule has 0 aliphatic carbocycles. The lowest BCUT2D eigenvalue weighted by Crippen LogP contribution is -2.41. The van der Waals surface area contributed by atoms with E-state index < -0.39 is 15.1 Å². The second-order valence-corrected chi connectivity index (χ2v) is 12.7. The van der Waals surface area contributed by atoms with E-state index in [4.69, 9.17) is 0 Å². The van der Waals surface area contributed by atoms with Gasteiger partial charge in [0.2, 0.25) is 5.91 Å². The predicted molar refractivity (Wildman–Crippen MR) is 138 cm³/mol. The fourth-order valence-electron chi connectivity index (χ4n) is 4.24. The zero-order valence-corrected chi connectivity index (χ0v) is 21.6. The molecule has 2 aromatic carbocycles. The summed E-state index contributed by atoms with van der Waals surface area (Å²) in [5.74, 6) is 0.542. The van der Waals surface area contributed by atoms with Crippen LogP contribution in [0, 0.1) is 0 Å². The quantitative estimate of drug-likeness (QED) is 0.439. The van der Waals surface area contributed by atoms with Crippen LogP contribution in [-0.4, -0.2) is 58.6 Å². The summed E-state index contributed by atoms with van der Waals surface area (Å²) in [5.41, 5.74) is 4.24. The maximum Gasteiger partial charge on any atom is 0.235 e. The molecule has 1 saturated heterocycles. The van der Waals surface area contributed by atoms with Gasteiger partial charge in [0.05, 0.1) is 28.6 Å². The number of hydrogen-bond acceptors (Lipinski definition) is 5. The van der Waals surface area contributed by atoms with E-state index in [-0.39, 0.29) is 23.5 Å². The molecule has 2 atom stereocenters. The van der Waals surface area contributed by atoms with Gasteiger partial charge in [-0.05, 0) is 37.0 Å². The maximum atomic E-state index is 13.2. The van der Waals surface area contributed by atoms with Crippen LogP contribution in [0.3, 0.4) is 0 Å². The van der Waals surface area contributed by atoms with E-state index in [2.05, 4.69) is 47.7 Å². The average molecular weight is 498 g/mol. The third-order valence-electron chi connectivity index (χ3n) is 6.35. The van der Waals surface area contributed by atoms with Crippen LogP contribution in [0.4, 0.5) is 0 Å². The molecule has 1 aromatic heterocycles. The number of aromatic nitrogens is 2. The van der Waals surface area contributed by atoms with Crippen molar-refractivity contribution in [3.05, 3.63) is 66.4 Å². The largest absolute Gasteiger partial charge is 0.341 e. The SMILES string of the molecule is CC(C)c1ccc(-n2c(-c3ccccc3)cnc2S[C@H](C)C(=O)N(C)[C@@H]2CCS(=O)(=O)C2)cc1. The molecule has 3 aromatic rings. The van der Waals surface area contributed by atoms with E-state index in [1.807, 2.05) is 43.5 Å². The lowest BCUT2D eigenvalue weighted by molar-refractivity contribution is -0.130. The number of carbonyl (C=O) groups is 1. The Labute approximate surface area is 206 Å². The van der Waals surface area contributed by atoms with Crippen molar-refractivity contribution in [2.45, 2.75) is 49.6 Å². The van der Waals surface area contributed by atoms with E-state index in [0.29, 0.717) is 12.3 Å². The molecule has 34 heavy (non-hydrogen) atoms. The topological polar surface area (TPSA) is 72.3 Å². The van der Waals surface area contributed by atoms with Crippen molar-refractivity contribution in [3.63, 3.8) is 0 Å². The number of sulfone groups is 1. The number of hydrogen-bond donors (Lipinski definition) is 0. The van der Waals surface area contributed by atoms with Crippen LogP contribution in [0.2, 0.25) is 0 Å². The van der Waals surface area contributed by atoms with Crippen LogP contribution in [0.15, 0.2) is 66.0 Å². The average Bonchev–Trinajstić information content (AvgIpc) is 3.41. The Morgan fingerprint density at radius 1 is 1.09 bits per heavy atom. The van der Waals surface area contributed by atoms with Crippen LogP contribution >= 0.6 is 11.8 Å². The number of rotatable bonds is 7. The molecule has 0 spiro atoms. The van der Waals surface area contributed by atoms with Crippen LogP contribution in [0.25, 0.3) is 16.9 Å². The lowest BCUT2D eigenvalue weighted by Gasteiger charge is -2.26. The first-order chi connectivity index (χ1) is 16.2. The molecule has 8 heteroatoms. The minimum atomic E-state index is -3.06. The van der Waals surface area contributed by atoms with Gasteiger partial charge >= 0.3 is 0 Å². The molecule has 180 valence electrons. The van der Waals surface area contributed by atoms with Gasteiger partial charge < -0.3 is 4.90 Å². The van der Waals surface area contributed by atoms with Crippen molar-refractivity contribution in [1.29, 1.82) is 0 Å². The van der Waals surface area contributed by atoms with Gasteiger partial charge in [-0.3, -0.25) is 9.36 Å². The van der Waals surface area contributed by atoms with Crippen molar-refractivity contribution < 1.29 is 13.2 Å². The molecule has 0 bridgehead atoms. The fraction of sp³-hybridized carbons (Fsp3) is 0.385. The Hall–Kier alpha value is -2.58. The van der Waals surface area contributed by atoms with Crippen molar-refractivity contribution in [3.8, 4) is 16.9 Å². The second kappa shape index (κ2) is 9.96. The first kappa shape index (κ1) is 24.5. The van der Waals surface area contributed by atoms with Gasteiger partial charge in [0.1, 0.15) is 0 Å². The third-order valence-corrected chi connectivity index (χ3v) is 9.16. The van der Waals surface area contributed by atoms with Gasteiger partial charge in [-0.2, -0.15) is 0 Å². The molecule has 6 nitrogen and oxygen atoms in total. The van der Waals surface area contributed by atoms with Gasteiger partial charge in [0, 0.05) is 24.3 Å². The minimum Gasteiger partial charge on any atom is -0.341 e. The van der Waals surface area contributed by atoms with Gasteiger partial charge in [-0.25, -0.2) is 13.4 Å². The van der Waals surface area contributed by atoms with Gasteiger partial charge in [-0.15, -0.1) is 0 Å². The lowest BCUT2D eigenvalue weighted by atomic mass is 10.0. The summed E-state index contributed by atoms with van der Waals surface area (Å²) in [6.45, 7) is 6.20. The number of benzene rings is 2. The second-order valence-electron chi connectivity index (χ2n) is 9.14. The van der Waals surface area contributed by atoms with E-state index in [1.165, 1.54) is 17.3 Å². The zero-order valence-electron chi connectivity index (χ0n) is 20.0. The standard InChI is InChI=1S/C26H31N3O3S2/c1-18(2)20-10-12-22(13-11-20)29-24(21-8-6-5-7-9-21)16-27-26(29)33-19(3)25(30)28(4)23-14-15-34(31,32)17-23/h5-13,16,18-19,23H,14-15,17H2,1-4H3/t19-,23-/m1/s1. The Morgan fingerprint density at radius 3 is 2.35 bits per heavy atom. The molecule has 4 rings (SSSR count). The summed E-state index contributed by atoms with van der Waals surface area (Å²) in [6, 6.07) is 18.3. The zero-order chi connectivity index (χ0) is 24.5. The molecule has 1 aliphatic heterocycles. The highest BCUT2D eigenvalue weighted by Crippen LogP contribution is 2.33. The van der Waals surface area contributed by atoms with E-state index in [0.717, 1.165) is 22.1 Å². The monoisotopic (exact) mass is 497 g/mol. The first-order valence-electron chi connectivity index (χ1n) is 11.5. The van der Waals surface area contributed by atoms with Crippen molar-refractivity contribution in [2.24, 2.45) is 0 Å². The molecule has 0 unspecified atom stereocenters. The fourth-order valence-corrected chi connectivity index (χ4v) is 7.02. The first-order valence-corrected chi connectivity index (χ1v) is 14.2. The molecule has 0 saturated carbocycles. The highest BCUT2D eigenvalue weighted by atomic mass is 32.2. The van der Waals surface area contributed by atoms with Gasteiger partial charge in [0.15, 0.2) is 15.0 Å². The summed E-state index contributed by atoms with van der Waals surface area (Å²) in [6.07, 6.45) is 2.34. The highest BCUT2D eigenvalue weighted by Gasteiger charge is 2.34. The van der Waals surface area contributed by atoms with E-state index in [9.17, 15) is 13.2 Å². The molecule has 1 amide bonds. The normalized spacial score (nSPS) is 18.2. The van der Waals surface area contributed by atoms with E-state index in [1.54, 1.807) is 11.9 Å².